The third kappa shape index (κ3) is 30.0. The summed E-state index contributed by atoms with van der Waals surface area (Å²) in [6.07, 6.45) is 84.0. The Kier molecular flexibility index (Phi) is 49.9. The number of fused-ring (bicyclic) bond motifs is 3. The molecule has 0 spiro atoms. The molecular weight excluding hydrogens is 1670 g/mol. The van der Waals surface area contributed by atoms with Gasteiger partial charge in [-0.25, -0.2) is 0 Å². The molecule has 8 bridgehead atoms. The van der Waals surface area contributed by atoms with Crippen LogP contribution in [0, 0.1) is 21.7 Å². The fourth-order valence-corrected chi connectivity index (χ4v) is 27.9. The van der Waals surface area contributed by atoms with Crippen molar-refractivity contribution in [3.05, 3.63) is 81.9 Å². The van der Waals surface area contributed by atoms with Crippen LogP contribution in [0.3, 0.4) is 0 Å². The molecule has 3 fully saturated rings. The monoisotopic (exact) mass is 1870 g/mol. The van der Waals surface area contributed by atoms with Crippen LogP contribution in [-0.4, -0.2) is 26.9 Å². The molecule has 3 N–H and O–H groups in total. The Hall–Kier alpha value is -2.17. The third-order valence-corrected chi connectivity index (χ3v) is 35.3. The van der Waals surface area contributed by atoms with Crippen molar-refractivity contribution in [3.8, 4) is 23.0 Å². The first-order valence-corrected chi connectivity index (χ1v) is 59.4. The van der Waals surface area contributed by atoms with Crippen LogP contribution >= 0.6 is 25.8 Å². The topological polar surface area (TPSA) is 144 Å². The predicted molar refractivity (Wildman–Crippen MR) is 551 cm³/mol. The zero-order chi connectivity index (χ0) is 93.1. The lowest BCUT2D eigenvalue weighted by Gasteiger charge is -2.67. The molecule has 3 aromatic carbocycles. The second-order valence-electron chi connectivity index (χ2n) is 44.8. The zero-order valence-electron chi connectivity index (χ0n) is 86.5. The Morgan fingerprint density at radius 1 is 0.277 bits per heavy atom. The minimum atomic E-state index is -2.41. The second kappa shape index (κ2) is 58.2. The first-order chi connectivity index (χ1) is 63.0. The van der Waals surface area contributed by atoms with Crippen molar-refractivity contribution >= 4 is 25.8 Å². The maximum Gasteiger partial charge on any atom is 0.466 e. The summed E-state index contributed by atoms with van der Waals surface area (Å²) in [5, 5.41) is 42.1. The van der Waals surface area contributed by atoms with E-state index in [4.69, 9.17) is 36.2 Å². The van der Waals surface area contributed by atoms with E-state index in [-0.39, 0.29) is 0 Å². The predicted octanol–water partition coefficient (Wildman–Crippen LogP) is 39.2. The highest BCUT2D eigenvalue weighted by atomic mass is 31.2. The quantitative estimate of drug-likeness (QED) is 0.0366. The van der Waals surface area contributed by atoms with Crippen LogP contribution in [0.15, 0.2) is 48.5 Å². The summed E-state index contributed by atoms with van der Waals surface area (Å²) < 4.78 is 68.0. The van der Waals surface area contributed by atoms with E-state index in [1.54, 1.807) is 0 Å². The SMILES string of the molecule is CCCCCCCCCCCCCC1(CCCCCCCCCCCCC)OP2Oc3c4c5c(c(c3C(O)(C(C)(C)C36OP(O3)O6)OP(O4)O5)O2)C(CCCCCCCCCCCCC)(c2cccc(C(O)C(C)(C)C)c2)C(CCCCCCCCCCCCC)(CCCCCCCCCCCCC)C1(CCCCCCCCCCCCC)c1cccc(C(O)C(C)(C)C)c1. The summed E-state index contributed by atoms with van der Waals surface area (Å²) in [6.45, 7) is 31.1. The average Bonchev–Trinajstić information content (AvgIpc) is 1.35. The van der Waals surface area contributed by atoms with Gasteiger partial charge in [0.1, 0.15) is 16.7 Å². The molecule has 7 atom stereocenters. The van der Waals surface area contributed by atoms with Crippen LogP contribution in [0.2, 0.25) is 0 Å². The lowest BCUT2D eigenvalue weighted by atomic mass is 9.36. The van der Waals surface area contributed by atoms with E-state index in [2.05, 4.69) is 132 Å². The van der Waals surface area contributed by atoms with E-state index in [1.165, 1.54) is 314 Å². The van der Waals surface area contributed by atoms with Gasteiger partial charge in [-0.15, -0.1) is 0 Å². The maximum absolute atomic E-state index is 15.0. The molecule has 7 heterocycles. The van der Waals surface area contributed by atoms with Gasteiger partial charge in [0.25, 0.3) is 0 Å². The molecule has 7 aliphatic rings. The van der Waals surface area contributed by atoms with Gasteiger partial charge in [0, 0.05) is 10.8 Å². The van der Waals surface area contributed by atoms with E-state index >= 15 is 5.11 Å². The molecule has 0 aliphatic carbocycles. The number of benzene rings is 3. The van der Waals surface area contributed by atoms with Crippen LogP contribution in [0.25, 0.3) is 0 Å². The van der Waals surface area contributed by atoms with Gasteiger partial charge in [-0.1, -0.05) is 555 Å². The van der Waals surface area contributed by atoms with Crippen molar-refractivity contribution in [2.24, 2.45) is 21.7 Å². The van der Waals surface area contributed by atoms with Gasteiger partial charge in [0.05, 0.1) is 23.4 Å². The first-order valence-electron chi connectivity index (χ1n) is 56.1. The molecule has 0 aromatic heterocycles. The molecule has 0 radical (unpaired) electrons. The summed E-state index contributed by atoms with van der Waals surface area (Å²) in [7, 11) is -6.37. The van der Waals surface area contributed by atoms with Crippen molar-refractivity contribution in [2.75, 3.05) is 0 Å². The summed E-state index contributed by atoms with van der Waals surface area (Å²) in [5.41, 5.74) is -0.790. The molecule has 3 saturated heterocycles. The summed E-state index contributed by atoms with van der Waals surface area (Å²) in [5.74, 6) is -2.11. The molecular formula is C115H199O12P3. The number of aliphatic hydroxyl groups is 3. The van der Waals surface area contributed by atoms with Crippen molar-refractivity contribution < 1.29 is 56.0 Å². The average molecular weight is 1870 g/mol. The summed E-state index contributed by atoms with van der Waals surface area (Å²) >= 11 is 0. The minimum absolute atomic E-state index is 0.342. The van der Waals surface area contributed by atoms with Crippen molar-refractivity contribution in [2.45, 2.75) is 600 Å². The smallest absolute Gasteiger partial charge is 0.417 e. The Balaban J connectivity index is 1.44. The maximum atomic E-state index is 15.0. The highest BCUT2D eigenvalue weighted by Crippen LogP contribution is 2.85. The van der Waals surface area contributed by atoms with E-state index in [1.807, 2.05) is 13.8 Å². The highest BCUT2D eigenvalue weighted by molar-refractivity contribution is 7.45. The Bertz CT molecular complexity index is 3480. The summed E-state index contributed by atoms with van der Waals surface area (Å²) in [6, 6.07) is 19.3. The number of rotatable bonds is 78. The fourth-order valence-electron chi connectivity index (χ4n) is 23.9. The van der Waals surface area contributed by atoms with Crippen molar-refractivity contribution in [1.29, 1.82) is 0 Å². The molecule has 7 aliphatic heterocycles. The van der Waals surface area contributed by atoms with E-state index in [0.717, 1.165) is 170 Å². The summed E-state index contributed by atoms with van der Waals surface area (Å²) in [4.78, 5) is 0. The van der Waals surface area contributed by atoms with Crippen molar-refractivity contribution in [1.82, 2.24) is 0 Å². The van der Waals surface area contributed by atoms with Gasteiger partial charge >= 0.3 is 31.8 Å². The van der Waals surface area contributed by atoms with Crippen LogP contribution in [0.1, 0.15) is 605 Å². The molecule has 15 heteroatoms. The first kappa shape index (κ1) is 111. The fraction of sp³-hybridized carbons (Fsp3) is 0.843. The Labute approximate surface area is 803 Å². The normalized spacial score (nSPS) is 22.1. The van der Waals surface area contributed by atoms with Crippen LogP contribution in [0.4, 0.5) is 0 Å². The van der Waals surface area contributed by atoms with Gasteiger partial charge in [-0.05, 0) is 90.9 Å². The van der Waals surface area contributed by atoms with Gasteiger partial charge in [-0.2, -0.15) is 0 Å². The molecule has 12 nitrogen and oxygen atoms in total. The highest BCUT2D eigenvalue weighted by Gasteiger charge is 2.82. The van der Waals surface area contributed by atoms with E-state index in [9.17, 15) is 14.7 Å². The molecule has 7 unspecified atom stereocenters. The Morgan fingerprint density at radius 3 is 0.869 bits per heavy atom. The van der Waals surface area contributed by atoms with Crippen LogP contribution < -0.4 is 18.1 Å². The minimum Gasteiger partial charge on any atom is -0.417 e. The van der Waals surface area contributed by atoms with Gasteiger partial charge < -0.3 is 33.4 Å². The van der Waals surface area contributed by atoms with Gasteiger partial charge in [-0.3, -0.25) is 22.6 Å². The lowest BCUT2D eigenvalue weighted by Crippen LogP contribution is -2.70. The molecule has 130 heavy (non-hydrogen) atoms. The third-order valence-electron chi connectivity index (χ3n) is 31.9. The molecule has 746 valence electrons. The van der Waals surface area contributed by atoms with Gasteiger partial charge in [0.15, 0.2) is 11.5 Å². The largest absolute Gasteiger partial charge is 0.466 e. The van der Waals surface area contributed by atoms with Gasteiger partial charge in [0.2, 0.25) is 11.5 Å². The second-order valence-corrected chi connectivity index (χ2v) is 47.8. The van der Waals surface area contributed by atoms with Crippen LogP contribution in [-0.2, 0) is 39.2 Å². The number of unbranched alkanes of at least 4 members (excludes halogenated alkanes) is 60. The number of hydrogen-bond donors (Lipinski definition) is 3. The molecule has 0 saturated carbocycles. The Morgan fingerprint density at radius 2 is 0.546 bits per heavy atom. The van der Waals surface area contributed by atoms with Crippen molar-refractivity contribution in [3.63, 3.8) is 0 Å². The molecule has 10 rings (SSSR count). The molecule has 0 amide bonds. The van der Waals surface area contributed by atoms with E-state index in [0.29, 0.717) is 35.0 Å². The lowest BCUT2D eigenvalue weighted by molar-refractivity contribution is -0.490. The number of hydrogen-bond acceptors (Lipinski definition) is 12. The zero-order valence-corrected chi connectivity index (χ0v) is 89.2. The number of aliphatic hydroxyl groups excluding tert-OH is 2. The standard InChI is InChI=1S/C115H199O12P3/c1-15-21-27-33-39-45-51-57-63-69-75-87-110(88-76-70-64-58-52-46-40-34-28-22-16-2)112(91-79-73-67-61-55-49-43-37-31-25-19-5,97-85-81-83-95(93-97)105(116)107(7,8)9)99-101-100-103(104-102(99)120-129(122-104)124-114(100,118)109(13,14)115-125-130(126-115)127-115)121-128(119-101)123-111(89-77-71-65-59-53-47-41-35-29-23-17-3,90-78-72-66-60-54-48-42-36-30-24-18-4)113(110,92-80-74-68-62-56-50-44-38-32-26-20-6)98-86-82-84-96(94-98)106(117)108(10,11)12/h81-86,93-94,105-106,116-118H,15-80,87-92H2,1-14H3. The van der Waals surface area contributed by atoms with E-state index < -0.39 is 87.9 Å². The van der Waals surface area contributed by atoms with Crippen LogP contribution in [0.5, 0.6) is 23.0 Å². The molecule has 3 aromatic rings.